The fourth-order valence-corrected chi connectivity index (χ4v) is 1.92. The first-order valence-electron chi connectivity index (χ1n) is 4.62. The van der Waals surface area contributed by atoms with Gasteiger partial charge in [-0.15, -0.1) is 0 Å². The maximum absolute atomic E-state index is 8.70. The first kappa shape index (κ1) is 9.50. The van der Waals surface area contributed by atoms with E-state index in [0.29, 0.717) is 6.42 Å². The van der Waals surface area contributed by atoms with E-state index >= 15 is 0 Å². The van der Waals surface area contributed by atoms with E-state index in [1.54, 1.807) is 0 Å². The van der Waals surface area contributed by atoms with E-state index in [2.05, 4.69) is 30.1 Å². The van der Waals surface area contributed by atoms with Gasteiger partial charge in [0.2, 0.25) is 0 Å². The minimum absolute atomic E-state index is 0.151. The van der Waals surface area contributed by atoms with Crippen LogP contribution in [0, 0.1) is 11.3 Å². The van der Waals surface area contributed by atoms with Gasteiger partial charge in [0.25, 0.3) is 0 Å². The van der Waals surface area contributed by atoms with E-state index in [4.69, 9.17) is 5.26 Å². The Balaban J connectivity index is 2.59. The molecule has 0 bridgehead atoms. The van der Waals surface area contributed by atoms with Gasteiger partial charge in [-0.25, -0.2) is 0 Å². The molecular formula is C9H17N3. The quantitative estimate of drug-likeness (QED) is 0.666. The first-order chi connectivity index (χ1) is 5.79. The summed E-state index contributed by atoms with van der Waals surface area (Å²) in [7, 11) is 0. The molecule has 0 saturated carbocycles. The largest absolute Gasteiger partial charge is 0.313 e. The van der Waals surface area contributed by atoms with Gasteiger partial charge < -0.3 is 5.32 Å². The molecule has 0 radical (unpaired) electrons. The summed E-state index contributed by atoms with van der Waals surface area (Å²) in [6.45, 7) is 8.34. The molecule has 0 amide bonds. The first-order valence-corrected chi connectivity index (χ1v) is 4.62. The molecule has 1 N–H and O–H groups in total. The third kappa shape index (κ3) is 1.45. The maximum atomic E-state index is 8.70. The van der Waals surface area contributed by atoms with Crippen molar-refractivity contribution in [3.8, 4) is 6.07 Å². The average Bonchev–Trinajstić information content (AvgIpc) is 2.02. The second-order valence-corrected chi connectivity index (χ2v) is 3.34. The fourth-order valence-electron chi connectivity index (χ4n) is 1.92. The number of nitriles is 1. The third-order valence-corrected chi connectivity index (χ3v) is 2.75. The van der Waals surface area contributed by atoms with Crippen molar-refractivity contribution in [2.45, 2.75) is 25.8 Å². The van der Waals surface area contributed by atoms with Crippen LogP contribution in [0.4, 0.5) is 0 Å². The average molecular weight is 167 g/mol. The molecule has 3 nitrogen and oxygen atoms in total. The second kappa shape index (κ2) is 3.88. The highest BCUT2D eigenvalue weighted by atomic mass is 15.3. The SMILES string of the molecule is CCN(CC)C1(CC#N)CNC1. The topological polar surface area (TPSA) is 39.1 Å². The number of hydrogen-bond acceptors (Lipinski definition) is 3. The van der Waals surface area contributed by atoms with E-state index in [1.807, 2.05) is 0 Å². The van der Waals surface area contributed by atoms with Gasteiger partial charge in [0, 0.05) is 13.1 Å². The molecule has 0 spiro atoms. The zero-order valence-electron chi connectivity index (χ0n) is 7.93. The van der Waals surface area contributed by atoms with Gasteiger partial charge in [-0.1, -0.05) is 13.8 Å². The summed E-state index contributed by atoms with van der Waals surface area (Å²) >= 11 is 0. The lowest BCUT2D eigenvalue weighted by atomic mass is 9.87. The zero-order valence-corrected chi connectivity index (χ0v) is 7.93. The van der Waals surface area contributed by atoms with Crippen LogP contribution in [0.3, 0.4) is 0 Å². The van der Waals surface area contributed by atoms with Crippen molar-refractivity contribution in [2.75, 3.05) is 26.2 Å². The van der Waals surface area contributed by atoms with Gasteiger partial charge in [-0.05, 0) is 13.1 Å². The summed E-state index contributed by atoms with van der Waals surface area (Å²) in [4.78, 5) is 2.38. The molecule has 1 aliphatic rings. The molecule has 0 atom stereocenters. The van der Waals surface area contributed by atoms with Crippen molar-refractivity contribution in [2.24, 2.45) is 0 Å². The van der Waals surface area contributed by atoms with Crippen LogP contribution in [0.2, 0.25) is 0 Å². The summed E-state index contributed by atoms with van der Waals surface area (Å²) in [6.07, 6.45) is 0.654. The predicted octanol–water partition coefficient (Wildman–Crippen LogP) is 0.584. The highest BCUT2D eigenvalue weighted by Crippen LogP contribution is 2.23. The van der Waals surface area contributed by atoms with E-state index < -0.39 is 0 Å². The van der Waals surface area contributed by atoms with Crippen molar-refractivity contribution in [1.29, 1.82) is 5.26 Å². The standard InChI is InChI=1S/C9H17N3/c1-3-12(4-2)9(5-6-10)7-11-8-9/h11H,3-5,7-8H2,1-2H3. The van der Waals surface area contributed by atoms with Crippen molar-refractivity contribution in [3.63, 3.8) is 0 Å². The summed E-state index contributed by atoms with van der Waals surface area (Å²) < 4.78 is 0. The smallest absolute Gasteiger partial charge is 0.0642 e. The van der Waals surface area contributed by atoms with Crippen molar-refractivity contribution < 1.29 is 0 Å². The minimum atomic E-state index is 0.151. The maximum Gasteiger partial charge on any atom is 0.0642 e. The summed E-state index contributed by atoms with van der Waals surface area (Å²) in [6, 6.07) is 2.28. The Bertz CT molecular complexity index is 175. The fraction of sp³-hybridized carbons (Fsp3) is 0.889. The van der Waals surface area contributed by atoms with Crippen LogP contribution in [0.15, 0.2) is 0 Å². The number of nitrogens with zero attached hydrogens (tertiary/aromatic N) is 2. The molecule has 68 valence electrons. The summed E-state index contributed by atoms with van der Waals surface area (Å²) in [5.41, 5.74) is 0.151. The Hall–Kier alpha value is -0.590. The highest BCUT2D eigenvalue weighted by molar-refractivity contribution is 5.06. The Morgan fingerprint density at radius 3 is 2.25 bits per heavy atom. The van der Waals surface area contributed by atoms with Gasteiger partial charge in [-0.3, -0.25) is 4.90 Å². The molecule has 3 heteroatoms. The molecular weight excluding hydrogens is 150 g/mol. The Kier molecular flexibility index (Phi) is 3.07. The molecule has 0 aromatic rings. The molecule has 1 heterocycles. The van der Waals surface area contributed by atoms with Crippen molar-refractivity contribution in [1.82, 2.24) is 10.2 Å². The lowest BCUT2D eigenvalue weighted by Crippen LogP contribution is -2.68. The van der Waals surface area contributed by atoms with Gasteiger partial charge in [0.1, 0.15) is 0 Å². The van der Waals surface area contributed by atoms with Gasteiger partial charge >= 0.3 is 0 Å². The van der Waals surface area contributed by atoms with E-state index in [-0.39, 0.29) is 5.54 Å². The molecule has 1 aliphatic heterocycles. The second-order valence-electron chi connectivity index (χ2n) is 3.34. The predicted molar refractivity (Wildman–Crippen MR) is 48.8 cm³/mol. The molecule has 12 heavy (non-hydrogen) atoms. The van der Waals surface area contributed by atoms with E-state index in [9.17, 15) is 0 Å². The number of hydrogen-bond donors (Lipinski definition) is 1. The van der Waals surface area contributed by atoms with Gasteiger partial charge in [-0.2, -0.15) is 5.26 Å². The van der Waals surface area contributed by atoms with Crippen LogP contribution >= 0.6 is 0 Å². The summed E-state index contributed by atoms with van der Waals surface area (Å²) in [5, 5.41) is 11.9. The van der Waals surface area contributed by atoms with Crippen LogP contribution in [0.5, 0.6) is 0 Å². The Labute approximate surface area is 74.4 Å². The molecule has 1 rings (SSSR count). The number of nitrogens with one attached hydrogen (secondary N) is 1. The van der Waals surface area contributed by atoms with E-state index in [0.717, 1.165) is 26.2 Å². The molecule has 1 saturated heterocycles. The molecule has 0 aromatic heterocycles. The van der Waals surface area contributed by atoms with Gasteiger partial charge in [0.15, 0.2) is 0 Å². The molecule has 0 unspecified atom stereocenters. The normalized spacial score (nSPS) is 20.2. The van der Waals surface area contributed by atoms with E-state index in [1.165, 1.54) is 0 Å². The molecule has 1 fully saturated rings. The number of likely N-dealkylation sites (N-methyl/N-ethyl adjacent to an activating group) is 1. The lowest BCUT2D eigenvalue weighted by molar-refractivity contribution is 0.0505. The summed E-state index contributed by atoms with van der Waals surface area (Å²) in [5.74, 6) is 0. The van der Waals surface area contributed by atoms with Crippen LogP contribution in [0.25, 0.3) is 0 Å². The van der Waals surface area contributed by atoms with Crippen LogP contribution in [0.1, 0.15) is 20.3 Å². The Morgan fingerprint density at radius 2 is 2.00 bits per heavy atom. The van der Waals surface area contributed by atoms with Crippen molar-refractivity contribution >= 4 is 0 Å². The minimum Gasteiger partial charge on any atom is -0.313 e. The highest BCUT2D eigenvalue weighted by Gasteiger charge is 2.40. The van der Waals surface area contributed by atoms with Crippen molar-refractivity contribution in [3.05, 3.63) is 0 Å². The van der Waals surface area contributed by atoms with Crippen LogP contribution in [-0.4, -0.2) is 36.6 Å². The molecule has 0 aliphatic carbocycles. The monoisotopic (exact) mass is 167 g/mol. The Morgan fingerprint density at radius 1 is 1.42 bits per heavy atom. The third-order valence-electron chi connectivity index (χ3n) is 2.75. The number of rotatable bonds is 4. The zero-order chi connectivity index (χ0) is 9.03. The molecule has 0 aromatic carbocycles. The lowest BCUT2D eigenvalue weighted by Gasteiger charge is -2.49. The van der Waals surface area contributed by atoms with Gasteiger partial charge in [0.05, 0.1) is 18.0 Å². The van der Waals surface area contributed by atoms with Crippen LogP contribution in [-0.2, 0) is 0 Å². The van der Waals surface area contributed by atoms with Crippen LogP contribution < -0.4 is 5.32 Å².